The molecule has 2 aromatic carbocycles. The number of carbonyl (C=O) groups excluding carboxylic acids is 1. The zero-order valence-corrected chi connectivity index (χ0v) is 24.2. The zero-order chi connectivity index (χ0) is 29.6. The number of hydrogen-bond acceptors (Lipinski definition) is 9. The summed E-state index contributed by atoms with van der Waals surface area (Å²) < 4.78 is 58.5. The van der Waals surface area contributed by atoms with E-state index < -0.39 is 49.8 Å². The lowest BCUT2D eigenvalue weighted by Crippen LogP contribution is -2.39. The molecule has 4 aromatic rings. The summed E-state index contributed by atoms with van der Waals surface area (Å²) in [4.78, 5) is 28.3. The highest BCUT2D eigenvalue weighted by Crippen LogP contribution is 2.35. The minimum atomic E-state index is -4.37. The molecule has 5 rings (SSSR count). The number of fused-ring (bicyclic) bond motifs is 1. The molecule has 2 aromatic heterocycles. The maximum absolute atomic E-state index is 15.2. The van der Waals surface area contributed by atoms with Gasteiger partial charge in [0.1, 0.15) is 28.2 Å². The summed E-state index contributed by atoms with van der Waals surface area (Å²) in [6.45, 7) is 7.06. The first-order valence-electron chi connectivity index (χ1n) is 12.5. The molecule has 14 heteroatoms. The third-order valence-corrected chi connectivity index (χ3v) is 8.33. The van der Waals surface area contributed by atoms with E-state index in [4.69, 9.17) is 9.15 Å². The van der Waals surface area contributed by atoms with Crippen molar-refractivity contribution in [1.29, 1.82) is 0 Å². The van der Waals surface area contributed by atoms with Crippen LogP contribution in [0.2, 0.25) is 0 Å². The molecule has 1 aliphatic rings. The van der Waals surface area contributed by atoms with Gasteiger partial charge < -0.3 is 14.5 Å². The second-order valence-electron chi connectivity index (χ2n) is 10.6. The molecule has 1 fully saturated rings. The number of anilines is 1. The molecular weight excluding hydrogens is 573 g/mol. The molecule has 1 amide bonds. The van der Waals surface area contributed by atoms with Crippen LogP contribution in [0.5, 0.6) is 0 Å². The molecule has 0 bridgehead atoms. The maximum atomic E-state index is 15.2. The molecule has 0 spiro atoms. The van der Waals surface area contributed by atoms with Crippen molar-refractivity contribution >= 4 is 43.9 Å². The van der Waals surface area contributed by atoms with Crippen LogP contribution >= 0.6 is 11.5 Å². The van der Waals surface area contributed by atoms with Gasteiger partial charge in [-0.05, 0) is 52.2 Å². The van der Waals surface area contributed by atoms with E-state index >= 15 is 4.39 Å². The predicted octanol–water partition coefficient (Wildman–Crippen LogP) is 4.40. The van der Waals surface area contributed by atoms with E-state index in [0.717, 1.165) is 30.0 Å². The number of alkyl carbamates (subject to hydrolysis) is 1. The first kappa shape index (κ1) is 28.3. The number of aromatic nitrogens is 3. The fourth-order valence-electron chi connectivity index (χ4n) is 4.20. The molecular formula is C27H26FN5O6S2. The summed E-state index contributed by atoms with van der Waals surface area (Å²) in [6.07, 6.45) is 1.94. The molecule has 0 saturated heterocycles. The second kappa shape index (κ2) is 10.3. The molecule has 0 aliphatic heterocycles. The lowest BCUT2D eigenvalue weighted by atomic mass is 10.0. The summed E-state index contributed by atoms with van der Waals surface area (Å²) in [5, 5.41) is 2.80. The lowest BCUT2D eigenvalue weighted by Gasteiger charge is -2.21. The Morgan fingerprint density at radius 2 is 2.00 bits per heavy atom. The van der Waals surface area contributed by atoms with E-state index in [0.29, 0.717) is 24.0 Å². The standard InChI is InChI=1S/C27H26FN5O6S2/c1-16(18-8-6-5-7-17(18)9-10-27(11-12-27)31-24(34)39-26(2,3)4)33-20-13-19(28)22(14-21(20)38-25(33)35)41(36,37)32-23-29-15-30-40-23/h5-8,13-16H,11-12H2,1-4H3,(H,31,34)(H,29,30,32). The van der Waals surface area contributed by atoms with Crippen molar-refractivity contribution in [3.05, 3.63) is 70.2 Å². The quantitative estimate of drug-likeness (QED) is 0.310. The van der Waals surface area contributed by atoms with Crippen LogP contribution in [-0.2, 0) is 14.8 Å². The highest BCUT2D eigenvalue weighted by molar-refractivity contribution is 7.93. The molecule has 2 heterocycles. The van der Waals surface area contributed by atoms with E-state index in [1.165, 1.54) is 4.57 Å². The van der Waals surface area contributed by atoms with Crippen molar-refractivity contribution in [2.75, 3.05) is 4.72 Å². The summed E-state index contributed by atoms with van der Waals surface area (Å²) in [6, 6.07) is 8.37. The maximum Gasteiger partial charge on any atom is 0.420 e. The summed E-state index contributed by atoms with van der Waals surface area (Å²) in [7, 11) is -4.37. The average molecular weight is 600 g/mol. The first-order chi connectivity index (χ1) is 19.3. The van der Waals surface area contributed by atoms with Gasteiger partial charge in [0.15, 0.2) is 5.58 Å². The number of nitrogens with one attached hydrogen (secondary N) is 2. The molecule has 2 N–H and O–H groups in total. The van der Waals surface area contributed by atoms with Crippen LogP contribution in [0.3, 0.4) is 0 Å². The minimum Gasteiger partial charge on any atom is -0.444 e. The second-order valence-corrected chi connectivity index (χ2v) is 13.0. The van der Waals surface area contributed by atoms with Gasteiger partial charge in [-0.1, -0.05) is 30.0 Å². The van der Waals surface area contributed by atoms with E-state index in [1.54, 1.807) is 52.0 Å². The smallest absolute Gasteiger partial charge is 0.420 e. The SMILES string of the molecule is CC(c1ccccc1C#CC1(NC(=O)OC(C)(C)C)CC1)n1c(=O)oc2cc(S(=O)(=O)Nc3ncns3)c(F)cc21. The fourth-order valence-corrected chi connectivity index (χ4v) is 5.94. The van der Waals surface area contributed by atoms with Crippen LogP contribution < -0.4 is 15.8 Å². The van der Waals surface area contributed by atoms with E-state index in [1.807, 2.05) is 0 Å². The number of amides is 1. The van der Waals surface area contributed by atoms with Gasteiger partial charge >= 0.3 is 11.8 Å². The van der Waals surface area contributed by atoms with Crippen molar-refractivity contribution in [2.45, 2.75) is 62.6 Å². The number of nitrogens with zero attached hydrogens (tertiary/aromatic N) is 3. The Bertz CT molecular complexity index is 1860. The van der Waals surface area contributed by atoms with Crippen LogP contribution in [0, 0.1) is 17.7 Å². The minimum absolute atomic E-state index is 0.0378. The van der Waals surface area contributed by atoms with Crippen molar-refractivity contribution in [2.24, 2.45) is 0 Å². The Labute approximate surface area is 239 Å². The van der Waals surface area contributed by atoms with Gasteiger partial charge in [0.2, 0.25) is 5.13 Å². The monoisotopic (exact) mass is 599 g/mol. The van der Waals surface area contributed by atoms with Crippen molar-refractivity contribution in [3.8, 4) is 11.8 Å². The number of ether oxygens (including phenoxy) is 1. The van der Waals surface area contributed by atoms with Crippen LogP contribution in [-0.4, -0.2) is 39.6 Å². The van der Waals surface area contributed by atoms with E-state index in [2.05, 4.69) is 31.2 Å². The Morgan fingerprint density at radius 1 is 1.27 bits per heavy atom. The number of sulfonamides is 1. The summed E-state index contributed by atoms with van der Waals surface area (Å²) in [5.41, 5.74) is -0.139. The van der Waals surface area contributed by atoms with E-state index in [-0.39, 0.29) is 16.2 Å². The molecule has 214 valence electrons. The van der Waals surface area contributed by atoms with Gasteiger partial charge in [0.05, 0.1) is 11.6 Å². The van der Waals surface area contributed by atoms with Crippen molar-refractivity contribution in [3.63, 3.8) is 0 Å². The number of hydrogen-bond donors (Lipinski definition) is 2. The Hall–Kier alpha value is -4.22. The molecule has 1 saturated carbocycles. The summed E-state index contributed by atoms with van der Waals surface area (Å²) >= 11 is 0.788. The van der Waals surface area contributed by atoms with Crippen molar-refractivity contribution < 1.29 is 26.8 Å². The molecule has 11 nitrogen and oxygen atoms in total. The number of oxazole rings is 1. The molecule has 1 atom stereocenters. The van der Waals surface area contributed by atoms with Crippen LogP contribution in [0.1, 0.15) is 57.7 Å². The zero-order valence-electron chi connectivity index (χ0n) is 22.5. The fraction of sp³-hybridized carbons (Fsp3) is 0.333. The van der Waals surface area contributed by atoms with Crippen LogP contribution in [0.4, 0.5) is 14.3 Å². The normalized spacial score (nSPS) is 15.0. The van der Waals surface area contributed by atoms with Crippen molar-refractivity contribution in [1.82, 2.24) is 19.2 Å². The largest absolute Gasteiger partial charge is 0.444 e. The van der Waals surface area contributed by atoms with Gasteiger partial charge in [0.25, 0.3) is 10.0 Å². The van der Waals surface area contributed by atoms with Crippen LogP contribution in [0.15, 0.2) is 56.8 Å². The lowest BCUT2D eigenvalue weighted by molar-refractivity contribution is 0.0510. The first-order valence-corrected chi connectivity index (χ1v) is 14.8. The number of halogens is 1. The summed E-state index contributed by atoms with van der Waals surface area (Å²) in [5.74, 6) is 4.37. The molecule has 1 aliphatic carbocycles. The third-order valence-electron chi connectivity index (χ3n) is 6.26. The highest BCUT2D eigenvalue weighted by atomic mass is 32.2. The van der Waals surface area contributed by atoms with E-state index in [9.17, 15) is 18.0 Å². The molecule has 1 unspecified atom stereocenters. The third kappa shape index (κ3) is 6.10. The predicted molar refractivity (Wildman–Crippen MR) is 150 cm³/mol. The van der Waals surface area contributed by atoms with Gasteiger partial charge in [-0.15, -0.1) is 0 Å². The molecule has 41 heavy (non-hydrogen) atoms. The number of carbonyl (C=O) groups is 1. The highest BCUT2D eigenvalue weighted by Gasteiger charge is 2.43. The molecule has 0 radical (unpaired) electrons. The topological polar surface area (TPSA) is 145 Å². The number of benzene rings is 2. The number of rotatable bonds is 6. The Morgan fingerprint density at radius 3 is 2.66 bits per heavy atom. The van der Waals surface area contributed by atoms with Crippen LogP contribution in [0.25, 0.3) is 11.1 Å². The van der Waals surface area contributed by atoms with Gasteiger partial charge in [-0.2, -0.15) is 4.37 Å². The Kier molecular flexibility index (Phi) is 7.12. The average Bonchev–Trinajstić information content (AvgIpc) is 3.28. The Balaban J connectivity index is 1.46. The van der Waals surface area contributed by atoms with Gasteiger partial charge in [0, 0.05) is 29.2 Å². The van der Waals surface area contributed by atoms with Gasteiger partial charge in [-0.3, -0.25) is 9.29 Å². The van der Waals surface area contributed by atoms with Gasteiger partial charge in [-0.25, -0.2) is 27.4 Å².